The number of hydrogen-bond donors (Lipinski definition) is 3. The third kappa shape index (κ3) is 19.7. The number of benzene rings is 4. The molecule has 4 aromatic carbocycles. The predicted octanol–water partition coefficient (Wildman–Crippen LogP) is 6.85. The zero-order valence-electron chi connectivity index (χ0n) is 40.7. The van der Waals surface area contributed by atoms with Gasteiger partial charge in [-0.1, -0.05) is 45.0 Å². The van der Waals surface area contributed by atoms with Crippen molar-refractivity contribution in [3.8, 4) is 23.0 Å². The number of nitro groups is 2. The number of nitrogens with two attached hydrogens (primary N) is 1. The number of aliphatic carboxylic acids is 1. The number of likely N-dealkylation sites (tertiary alicyclic amines) is 2. The van der Waals surface area contributed by atoms with Gasteiger partial charge in [0.25, 0.3) is 29.1 Å². The quantitative estimate of drug-likeness (QED) is 0.0680. The third-order valence-corrected chi connectivity index (χ3v) is 11.0. The smallest absolute Gasteiger partial charge is 0.341 e. The molecule has 20 nitrogen and oxygen atoms in total. The summed E-state index contributed by atoms with van der Waals surface area (Å²) in [5.74, 6) is 0.523. The monoisotopic (exact) mass is 973 g/mol. The van der Waals surface area contributed by atoms with E-state index in [0.29, 0.717) is 67.5 Å². The van der Waals surface area contributed by atoms with Crippen molar-refractivity contribution in [1.82, 2.24) is 20.0 Å². The average Bonchev–Trinajstić information content (AvgIpc) is 3.37. The van der Waals surface area contributed by atoms with Crippen LogP contribution in [0.25, 0.3) is 0 Å². The number of carbonyl (C=O) groups is 4. The second kappa shape index (κ2) is 30.9. The summed E-state index contributed by atoms with van der Waals surface area (Å²) in [5.41, 5.74) is 6.94. The lowest BCUT2D eigenvalue weighted by atomic mass is 10.0. The number of carbonyl (C=O) groups excluding carboxylic acids is 3. The SMILES string of the molecule is CCN(CC)CC.CCOc1ccccc1C(=O)N1CCC(N)CC1.CCOc1ccccc1C(=O)N1CCC(NC(=O)COc2ccc([N+](=O)[O-])cc2)CC1.O=C(O)COc1ccc([N+](=O)[O-])cc1. The van der Waals surface area contributed by atoms with E-state index in [1.807, 2.05) is 55.1 Å². The first-order valence-electron chi connectivity index (χ1n) is 23.4. The van der Waals surface area contributed by atoms with E-state index in [9.17, 15) is 39.4 Å². The van der Waals surface area contributed by atoms with E-state index in [0.717, 1.165) is 25.9 Å². The van der Waals surface area contributed by atoms with Crippen LogP contribution in [-0.4, -0.2) is 138 Å². The number of nitrogens with zero attached hydrogens (tertiary/aromatic N) is 5. The van der Waals surface area contributed by atoms with Gasteiger partial charge in [-0.05, 0) is 108 Å². The van der Waals surface area contributed by atoms with Crippen LogP contribution in [0.1, 0.15) is 81.0 Å². The molecule has 2 aliphatic heterocycles. The van der Waals surface area contributed by atoms with Crippen LogP contribution in [0.4, 0.5) is 11.4 Å². The normalized spacial score (nSPS) is 13.4. The second-order valence-electron chi connectivity index (χ2n) is 15.7. The van der Waals surface area contributed by atoms with Crippen molar-refractivity contribution in [2.75, 3.05) is 72.2 Å². The van der Waals surface area contributed by atoms with Crippen molar-refractivity contribution < 1.29 is 53.1 Å². The molecule has 0 radical (unpaired) electrons. The van der Waals surface area contributed by atoms with Crippen LogP contribution >= 0.6 is 0 Å². The van der Waals surface area contributed by atoms with E-state index in [4.69, 9.17) is 29.8 Å². The number of ether oxygens (including phenoxy) is 4. The lowest BCUT2D eigenvalue weighted by Crippen LogP contribution is -2.47. The predicted molar refractivity (Wildman–Crippen MR) is 264 cm³/mol. The number of nitrogens with one attached hydrogen (secondary N) is 1. The highest BCUT2D eigenvalue weighted by Crippen LogP contribution is 2.24. The van der Waals surface area contributed by atoms with E-state index in [2.05, 4.69) is 31.0 Å². The van der Waals surface area contributed by atoms with Gasteiger partial charge in [0.2, 0.25) is 0 Å². The van der Waals surface area contributed by atoms with Crippen LogP contribution in [0.5, 0.6) is 23.0 Å². The van der Waals surface area contributed by atoms with Crippen LogP contribution in [0.3, 0.4) is 0 Å². The third-order valence-electron chi connectivity index (χ3n) is 11.0. The molecule has 2 heterocycles. The maximum Gasteiger partial charge on any atom is 0.341 e. The minimum absolute atomic E-state index is 0.0398. The van der Waals surface area contributed by atoms with Crippen LogP contribution in [0.2, 0.25) is 0 Å². The van der Waals surface area contributed by atoms with E-state index in [-0.39, 0.29) is 53.5 Å². The number of rotatable bonds is 18. The first-order valence-corrected chi connectivity index (χ1v) is 23.4. The molecule has 70 heavy (non-hydrogen) atoms. The first-order chi connectivity index (χ1) is 33.6. The molecule has 0 bridgehead atoms. The van der Waals surface area contributed by atoms with Gasteiger partial charge in [0.1, 0.15) is 23.0 Å². The highest BCUT2D eigenvalue weighted by Gasteiger charge is 2.27. The highest BCUT2D eigenvalue weighted by molar-refractivity contribution is 5.97. The largest absolute Gasteiger partial charge is 0.493 e. The van der Waals surface area contributed by atoms with Gasteiger partial charge >= 0.3 is 5.97 Å². The number of carboxylic acids is 1. The topological polar surface area (TPSA) is 259 Å². The number of amides is 3. The first kappa shape index (κ1) is 57.0. The van der Waals surface area contributed by atoms with Crippen molar-refractivity contribution in [3.63, 3.8) is 0 Å². The summed E-state index contributed by atoms with van der Waals surface area (Å²) in [6.07, 6.45) is 3.04. The van der Waals surface area contributed by atoms with Crippen molar-refractivity contribution in [1.29, 1.82) is 0 Å². The Morgan fingerprint density at radius 3 is 1.36 bits per heavy atom. The summed E-state index contributed by atoms with van der Waals surface area (Å²) < 4.78 is 21.2. The summed E-state index contributed by atoms with van der Waals surface area (Å²) in [4.78, 5) is 73.4. The van der Waals surface area contributed by atoms with Gasteiger partial charge < -0.3 is 49.8 Å². The Bertz CT molecular complexity index is 2240. The molecule has 3 amide bonds. The van der Waals surface area contributed by atoms with Gasteiger partial charge in [0.15, 0.2) is 13.2 Å². The van der Waals surface area contributed by atoms with E-state index in [1.54, 1.807) is 17.0 Å². The van der Waals surface area contributed by atoms with Gasteiger partial charge in [-0.2, -0.15) is 0 Å². The molecule has 0 unspecified atom stereocenters. The van der Waals surface area contributed by atoms with E-state index < -0.39 is 22.4 Å². The maximum atomic E-state index is 12.8. The van der Waals surface area contributed by atoms with Crippen molar-refractivity contribution in [3.05, 3.63) is 128 Å². The molecule has 0 saturated carbocycles. The molecule has 4 aromatic rings. The summed E-state index contributed by atoms with van der Waals surface area (Å²) in [5, 5.41) is 32.1. The molecule has 2 fully saturated rings. The molecule has 4 N–H and O–H groups in total. The summed E-state index contributed by atoms with van der Waals surface area (Å²) in [6, 6.07) is 25.5. The Balaban J connectivity index is 0.000000280. The Morgan fingerprint density at radius 2 is 1.00 bits per heavy atom. The molecule has 380 valence electrons. The van der Waals surface area contributed by atoms with Gasteiger partial charge in [-0.3, -0.25) is 34.6 Å². The van der Waals surface area contributed by atoms with E-state index in [1.165, 1.54) is 68.2 Å². The number of piperidine rings is 2. The number of para-hydroxylation sites is 2. The Kier molecular flexibility index (Phi) is 25.2. The molecule has 2 aliphatic rings. The van der Waals surface area contributed by atoms with Gasteiger partial charge in [-0.25, -0.2) is 4.79 Å². The summed E-state index contributed by atoms with van der Waals surface area (Å²) >= 11 is 0. The molecule has 0 aliphatic carbocycles. The lowest BCUT2D eigenvalue weighted by Gasteiger charge is -2.32. The molecule has 2 saturated heterocycles. The van der Waals surface area contributed by atoms with Crippen LogP contribution in [0, 0.1) is 20.2 Å². The van der Waals surface area contributed by atoms with Crippen molar-refractivity contribution >= 4 is 35.1 Å². The molecule has 0 aromatic heterocycles. The highest BCUT2D eigenvalue weighted by atomic mass is 16.6. The lowest BCUT2D eigenvalue weighted by molar-refractivity contribution is -0.385. The van der Waals surface area contributed by atoms with Crippen LogP contribution in [-0.2, 0) is 9.59 Å². The Labute approximate surface area is 408 Å². The molecule has 6 rings (SSSR count). The molecular weight excluding hydrogens is 907 g/mol. The standard InChI is InChI=1S/C22H25N3O6.C14H20N2O2.C8H7NO5.C6H15N/c1-2-30-20-6-4-3-5-19(20)22(27)24-13-11-16(12-14-24)23-21(26)15-31-18-9-7-17(8-10-18)25(28)29;1-2-18-13-6-4-3-5-12(13)14(17)16-9-7-11(15)8-10-16;10-8(11)5-14-7-3-1-6(2-4-7)9(12)13;1-4-7(5-2)6-3/h3-10,16H,2,11-15H2,1H3,(H,23,26);3-6,11H,2,7-10,15H2,1H3;1-4H,5H2,(H,10,11);4-6H2,1-3H3. The maximum absolute atomic E-state index is 12.8. The average molecular weight is 974 g/mol. The number of nitro benzene ring substituents is 2. The number of non-ortho nitro benzene ring substituents is 2. The Hall–Kier alpha value is -7.32. The van der Waals surface area contributed by atoms with Gasteiger partial charge in [-0.15, -0.1) is 0 Å². The molecule has 0 spiro atoms. The van der Waals surface area contributed by atoms with Gasteiger partial charge in [0.05, 0.1) is 34.2 Å². The van der Waals surface area contributed by atoms with Crippen molar-refractivity contribution in [2.24, 2.45) is 5.73 Å². The number of hydrogen-bond acceptors (Lipinski definition) is 14. The molecule has 20 heteroatoms. The zero-order chi connectivity index (χ0) is 51.4. The minimum Gasteiger partial charge on any atom is -0.493 e. The summed E-state index contributed by atoms with van der Waals surface area (Å²) in [7, 11) is 0. The minimum atomic E-state index is -1.09. The fourth-order valence-electron chi connectivity index (χ4n) is 7.08. The van der Waals surface area contributed by atoms with Crippen LogP contribution < -0.4 is 30.0 Å². The molecular formula is C50H67N7O13. The van der Waals surface area contributed by atoms with Crippen molar-refractivity contribution in [2.45, 2.75) is 72.4 Å². The van der Waals surface area contributed by atoms with E-state index >= 15 is 0 Å². The summed E-state index contributed by atoms with van der Waals surface area (Å²) in [6.45, 7) is 16.9. The fraction of sp³-hybridized carbons (Fsp3) is 0.440. The Morgan fingerprint density at radius 1 is 0.614 bits per heavy atom. The second-order valence-corrected chi connectivity index (χ2v) is 15.7. The van der Waals surface area contributed by atoms with Gasteiger partial charge in [0, 0.05) is 62.5 Å². The fourth-order valence-corrected chi connectivity index (χ4v) is 7.08. The number of carboxylic acid groups (broad SMARTS) is 1. The van der Waals surface area contributed by atoms with Crippen LogP contribution in [0.15, 0.2) is 97.1 Å². The molecule has 0 atom stereocenters. The zero-order valence-corrected chi connectivity index (χ0v) is 40.7.